The molecule has 6 nitrogen and oxygen atoms in total. The normalized spacial score (nSPS) is 12.9. The highest BCUT2D eigenvalue weighted by Gasteiger charge is 2.15. The second-order valence-electron chi connectivity index (χ2n) is 5.84. The number of carbonyl (C=O) groups excluding carboxylic acids is 1. The maximum atomic E-state index is 12.3. The molecule has 0 fully saturated rings. The molecule has 1 amide bonds. The van der Waals surface area contributed by atoms with E-state index in [1.807, 2.05) is 32.2 Å². The number of hydrogen-bond donors (Lipinski definition) is 1. The van der Waals surface area contributed by atoms with Crippen molar-refractivity contribution >= 4 is 23.5 Å². The van der Waals surface area contributed by atoms with Gasteiger partial charge < -0.3 is 14.8 Å². The molecule has 0 radical (unpaired) electrons. The van der Waals surface area contributed by atoms with Crippen molar-refractivity contribution in [2.24, 2.45) is 7.05 Å². The Hall–Kier alpha value is -2.15. The number of anilines is 1. The number of nitrogens with one attached hydrogen (secondary N) is 1. The second kappa shape index (κ2) is 7.82. The van der Waals surface area contributed by atoms with Crippen molar-refractivity contribution in [1.29, 1.82) is 0 Å². The summed E-state index contributed by atoms with van der Waals surface area (Å²) in [4.78, 5) is 13.3. The lowest BCUT2D eigenvalue weighted by molar-refractivity contribution is -0.115. The highest BCUT2D eigenvalue weighted by molar-refractivity contribution is 7.99. The zero-order valence-electron chi connectivity index (χ0n) is 14.8. The molecule has 1 aliphatic heterocycles. The van der Waals surface area contributed by atoms with E-state index in [2.05, 4.69) is 17.3 Å². The fourth-order valence-corrected chi connectivity index (χ4v) is 3.73. The van der Waals surface area contributed by atoms with E-state index in [0.717, 1.165) is 39.9 Å². The SMILES string of the molecule is CCc1c(C)nn(C)c1NC(=O)CCSc1ccc2c(c1)OCCO2. The summed E-state index contributed by atoms with van der Waals surface area (Å²) in [6.07, 6.45) is 1.29. The van der Waals surface area contributed by atoms with Crippen LogP contribution >= 0.6 is 11.8 Å². The molecule has 0 atom stereocenters. The van der Waals surface area contributed by atoms with Crippen LogP contribution in [0, 0.1) is 6.92 Å². The third-order valence-corrected chi connectivity index (χ3v) is 5.06. The molecule has 1 N–H and O–H groups in total. The molecule has 2 heterocycles. The van der Waals surface area contributed by atoms with Crippen LogP contribution in [-0.4, -0.2) is 34.7 Å². The van der Waals surface area contributed by atoms with Gasteiger partial charge in [0.05, 0.1) is 5.69 Å². The van der Waals surface area contributed by atoms with Crippen LogP contribution in [0.4, 0.5) is 5.82 Å². The van der Waals surface area contributed by atoms with Gasteiger partial charge in [0.2, 0.25) is 5.91 Å². The van der Waals surface area contributed by atoms with Gasteiger partial charge in [0.15, 0.2) is 11.5 Å². The Morgan fingerprint density at radius 1 is 1.32 bits per heavy atom. The number of nitrogens with zero attached hydrogens (tertiary/aromatic N) is 2. The smallest absolute Gasteiger partial charge is 0.226 e. The van der Waals surface area contributed by atoms with Crippen LogP contribution in [0.25, 0.3) is 0 Å². The van der Waals surface area contributed by atoms with E-state index in [-0.39, 0.29) is 5.91 Å². The Balaban J connectivity index is 1.53. The van der Waals surface area contributed by atoms with Crippen LogP contribution in [0.3, 0.4) is 0 Å². The Labute approximate surface area is 151 Å². The van der Waals surface area contributed by atoms with E-state index in [4.69, 9.17) is 9.47 Å². The summed E-state index contributed by atoms with van der Waals surface area (Å²) < 4.78 is 12.8. The molecule has 1 aromatic carbocycles. The third-order valence-electron chi connectivity index (χ3n) is 4.07. The van der Waals surface area contributed by atoms with E-state index >= 15 is 0 Å². The van der Waals surface area contributed by atoms with Gasteiger partial charge in [-0.25, -0.2) is 0 Å². The lowest BCUT2D eigenvalue weighted by Gasteiger charge is -2.18. The van der Waals surface area contributed by atoms with Crippen molar-refractivity contribution < 1.29 is 14.3 Å². The van der Waals surface area contributed by atoms with Crippen molar-refractivity contribution in [3.8, 4) is 11.5 Å². The number of amides is 1. The summed E-state index contributed by atoms with van der Waals surface area (Å²) in [6, 6.07) is 5.88. The second-order valence-corrected chi connectivity index (χ2v) is 7.01. The van der Waals surface area contributed by atoms with Gasteiger partial charge in [0, 0.05) is 29.7 Å². The summed E-state index contributed by atoms with van der Waals surface area (Å²) >= 11 is 1.63. The third kappa shape index (κ3) is 4.10. The van der Waals surface area contributed by atoms with Crippen molar-refractivity contribution in [3.63, 3.8) is 0 Å². The molecule has 3 rings (SSSR count). The molecule has 0 bridgehead atoms. The minimum atomic E-state index is 0.00254. The number of carbonyl (C=O) groups is 1. The van der Waals surface area contributed by atoms with Gasteiger partial charge in [0.25, 0.3) is 0 Å². The van der Waals surface area contributed by atoms with Crippen molar-refractivity contribution in [1.82, 2.24) is 9.78 Å². The van der Waals surface area contributed by atoms with Gasteiger partial charge in [-0.15, -0.1) is 11.8 Å². The standard InChI is InChI=1S/C18H23N3O3S/c1-4-14-12(2)20-21(3)18(14)19-17(22)7-10-25-13-5-6-15-16(11-13)24-9-8-23-15/h5-6,11H,4,7-10H2,1-3H3,(H,19,22). The van der Waals surface area contributed by atoms with Crippen LogP contribution in [0.15, 0.2) is 23.1 Å². The van der Waals surface area contributed by atoms with Gasteiger partial charge in [-0.1, -0.05) is 6.92 Å². The Morgan fingerprint density at radius 3 is 2.84 bits per heavy atom. The molecule has 1 aromatic heterocycles. The van der Waals surface area contributed by atoms with E-state index in [0.29, 0.717) is 25.4 Å². The number of rotatable bonds is 6. The minimum absolute atomic E-state index is 0.00254. The molecular formula is C18H23N3O3S. The first-order valence-corrected chi connectivity index (χ1v) is 9.41. The summed E-state index contributed by atoms with van der Waals surface area (Å²) in [6.45, 7) is 5.20. The molecule has 0 aliphatic carbocycles. The molecule has 0 saturated carbocycles. The largest absolute Gasteiger partial charge is 0.486 e. The molecule has 1 aliphatic rings. The molecule has 25 heavy (non-hydrogen) atoms. The molecule has 0 spiro atoms. The molecule has 2 aromatic rings. The Kier molecular flexibility index (Phi) is 5.53. The average molecular weight is 361 g/mol. The maximum absolute atomic E-state index is 12.3. The number of ether oxygens (including phenoxy) is 2. The fourth-order valence-electron chi connectivity index (χ4n) is 2.85. The summed E-state index contributed by atoms with van der Waals surface area (Å²) in [7, 11) is 1.85. The number of fused-ring (bicyclic) bond motifs is 1. The van der Waals surface area contributed by atoms with E-state index in [1.54, 1.807) is 16.4 Å². The van der Waals surface area contributed by atoms with Crippen LogP contribution in [0.1, 0.15) is 24.6 Å². The Morgan fingerprint density at radius 2 is 2.08 bits per heavy atom. The highest BCUT2D eigenvalue weighted by atomic mass is 32.2. The summed E-state index contributed by atoms with van der Waals surface area (Å²) in [5, 5.41) is 7.36. The summed E-state index contributed by atoms with van der Waals surface area (Å²) in [5.41, 5.74) is 2.06. The monoisotopic (exact) mass is 361 g/mol. The lowest BCUT2D eigenvalue weighted by Crippen LogP contribution is -2.16. The lowest BCUT2D eigenvalue weighted by atomic mass is 10.2. The van der Waals surface area contributed by atoms with Crippen molar-refractivity contribution in [3.05, 3.63) is 29.5 Å². The first kappa shape index (κ1) is 17.7. The number of hydrogen-bond acceptors (Lipinski definition) is 5. The minimum Gasteiger partial charge on any atom is -0.486 e. The molecule has 134 valence electrons. The van der Waals surface area contributed by atoms with Gasteiger partial charge >= 0.3 is 0 Å². The fraction of sp³-hybridized carbons (Fsp3) is 0.444. The molecule has 7 heteroatoms. The molecule has 0 unspecified atom stereocenters. The van der Waals surface area contributed by atoms with Crippen molar-refractivity contribution in [2.45, 2.75) is 31.6 Å². The van der Waals surface area contributed by atoms with E-state index in [9.17, 15) is 4.79 Å². The Bertz CT molecular complexity index is 773. The number of aromatic nitrogens is 2. The quantitative estimate of drug-likeness (QED) is 0.801. The van der Waals surface area contributed by atoms with Gasteiger partial charge in [0.1, 0.15) is 19.0 Å². The first-order valence-electron chi connectivity index (χ1n) is 8.43. The predicted octanol–water partition coefficient (Wildman–Crippen LogP) is 3.18. The number of benzene rings is 1. The van der Waals surface area contributed by atoms with Gasteiger partial charge in [-0.05, 0) is 31.5 Å². The van der Waals surface area contributed by atoms with Gasteiger partial charge in [-0.3, -0.25) is 9.48 Å². The molecule has 0 saturated heterocycles. The van der Waals surface area contributed by atoms with Gasteiger partial charge in [-0.2, -0.15) is 5.10 Å². The van der Waals surface area contributed by atoms with Crippen LogP contribution in [0.2, 0.25) is 0 Å². The topological polar surface area (TPSA) is 65.4 Å². The predicted molar refractivity (Wildman–Crippen MR) is 98.7 cm³/mol. The highest BCUT2D eigenvalue weighted by Crippen LogP contribution is 2.34. The maximum Gasteiger partial charge on any atom is 0.226 e. The van der Waals surface area contributed by atoms with Crippen LogP contribution < -0.4 is 14.8 Å². The zero-order valence-corrected chi connectivity index (χ0v) is 15.6. The number of thioether (sulfide) groups is 1. The van der Waals surface area contributed by atoms with Crippen LogP contribution in [-0.2, 0) is 18.3 Å². The number of aryl methyl sites for hydroxylation is 2. The zero-order chi connectivity index (χ0) is 17.8. The van der Waals surface area contributed by atoms with Crippen LogP contribution in [0.5, 0.6) is 11.5 Å². The summed E-state index contributed by atoms with van der Waals surface area (Å²) in [5.74, 6) is 3.06. The van der Waals surface area contributed by atoms with Crippen molar-refractivity contribution in [2.75, 3.05) is 24.3 Å². The first-order chi connectivity index (χ1) is 12.1. The average Bonchev–Trinajstić information content (AvgIpc) is 2.87. The van der Waals surface area contributed by atoms with E-state index < -0.39 is 0 Å². The molecular weight excluding hydrogens is 338 g/mol. The van der Waals surface area contributed by atoms with E-state index in [1.165, 1.54) is 0 Å².